The summed E-state index contributed by atoms with van der Waals surface area (Å²) in [6.45, 7) is 5.99. The van der Waals surface area contributed by atoms with E-state index in [1.807, 2.05) is 27.0 Å². The molecule has 54 valence electrons. The Morgan fingerprint density at radius 2 is 2.00 bits per heavy atom. The molecular formula is C7H14OS. The molecule has 0 amide bonds. The lowest BCUT2D eigenvalue weighted by Gasteiger charge is -2.18. The van der Waals surface area contributed by atoms with E-state index in [0.717, 1.165) is 6.42 Å². The summed E-state index contributed by atoms with van der Waals surface area (Å²) in [4.78, 5) is 11.0. The molecule has 0 aromatic heterocycles. The van der Waals surface area contributed by atoms with Crippen LogP contribution in [0, 0.1) is 5.41 Å². The maximum absolute atomic E-state index is 11.0. The molecular weight excluding hydrogens is 132 g/mol. The Labute approximate surface area is 61.2 Å². The molecule has 0 aliphatic rings. The Balaban J connectivity index is 3.97. The van der Waals surface area contributed by atoms with E-state index in [2.05, 4.69) is 0 Å². The normalized spacial score (nSPS) is 11.6. The van der Waals surface area contributed by atoms with Crippen LogP contribution in [0.15, 0.2) is 0 Å². The van der Waals surface area contributed by atoms with Crippen molar-refractivity contribution in [3.05, 3.63) is 0 Å². The van der Waals surface area contributed by atoms with Crippen molar-refractivity contribution < 1.29 is 4.79 Å². The molecule has 9 heavy (non-hydrogen) atoms. The van der Waals surface area contributed by atoms with Crippen LogP contribution in [0.4, 0.5) is 0 Å². The van der Waals surface area contributed by atoms with Crippen LogP contribution < -0.4 is 0 Å². The van der Waals surface area contributed by atoms with Crippen LogP contribution in [0.25, 0.3) is 0 Å². The summed E-state index contributed by atoms with van der Waals surface area (Å²) in [5, 5.41) is 0.282. The van der Waals surface area contributed by atoms with Crippen molar-refractivity contribution in [1.82, 2.24) is 0 Å². The smallest absolute Gasteiger partial charge is 0.194 e. The van der Waals surface area contributed by atoms with Crippen LogP contribution in [0.2, 0.25) is 0 Å². The van der Waals surface area contributed by atoms with Crippen molar-refractivity contribution in [2.24, 2.45) is 5.41 Å². The first-order valence-electron chi connectivity index (χ1n) is 3.13. The van der Waals surface area contributed by atoms with E-state index in [0.29, 0.717) is 0 Å². The SMILES string of the molecule is CCC(C)(C)C(=O)SC. The van der Waals surface area contributed by atoms with Gasteiger partial charge in [0.05, 0.1) is 0 Å². The van der Waals surface area contributed by atoms with Crippen LogP contribution in [0.1, 0.15) is 27.2 Å². The third-order valence-corrected chi connectivity index (χ3v) is 2.55. The Kier molecular flexibility index (Phi) is 3.26. The first-order valence-corrected chi connectivity index (χ1v) is 4.35. The number of rotatable bonds is 2. The molecule has 0 saturated carbocycles. The zero-order chi connectivity index (χ0) is 7.49. The van der Waals surface area contributed by atoms with Gasteiger partial charge < -0.3 is 0 Å². The first-order chi connectivity index (χ1) is 4.04. The van der Waals surface area contributed by atoms with E-state index in [1.54, 1.807) is 0 Å². The zero-order valence-corrected chi connectivity index (χ0v) is 7.34. The summed E-state index contributed by atoms with van der Waals surface area (Å²) in [6.07, 6.45) is 2.76. The van der Waals surface area contributed by atoms with E-state index < -0.39 is 0 Å². The van der Waals surface area contributed by atoms with E-state index >= 15 is 0 Å². The van der Waals surface area contributed by atoms with Gasteiger partial charge in [0.1, 0.15) is 0 Å². The second-order valence-electron chi connectivity index (χ2n) is 2.73. The largest absolute Gasteiger partial charge is 0.287 e. The molecule has 0 N–H and O–H groups in total. The number of thioether (sulfide) groups is 1. The Bertz CT molecular complexity index is 107. The van der Waals surface area contributed by atoms with Crippen molar-refractivity contribution in [2.45, 2.75) is 27.2 Å². The molecule has 0 atom stereocenters. The molecule has 0 aromatic carbocycles. The summed E-state index contributed by atoms with van der Waals surface area (Å²) >= 11 is 1.32. The van der Waals surface area contributed by atoms with Gasteiger partial charge in [-0.3, -0.25) is 4.79 Å². The monoisotopic (exact) mass is 146 g/mol. The van der Waals surface area contributed by atoms with Crippen LogP contribution in [0.5, 0.6) is 0 Å². The van der Waals surface area contributed by atoms with Gasteiger partial charge in [0.25, 0.3) is 0 Å². The molecule has 0 aliphatic heterocycles. The molecule has 0 aliphatic carbocycles. The number of hydrogen-bond donors (Lipinski definition) is 0. The van der Waals surface area contributed by atoms with Gasteiger partial charge in [-0.1, -0.05) is 32.5 Å². The minimum absolute atomic E-state index is 0.126. The quantitative estimate of drug-likeness (QED) is 0.594. The average Bonchev–Trinajstić information content (AvgIpc) is 1.86. The molecule has 1 nitrogen and oxygen atoms in total. The average molecular weight is 146 g/mol. The van der Waals surface area contributed by atoms with Crippen molar-refractivity contribution in [1.29, 1.82) is 0 Å². The Morgan fingerprint density at radius 1 is 1.56 bits per heavy atom. The van der Waals surface area contributed by atoms with Gasteiger partial charge in [0.15, 0.2) is 5.12 Å². The molecule has 0 heterocycles. The summed E-state index contributed by atoms with van der Waals surface area (Å²) in [7, 11) is 0. The van der Waals surface area contributed by atoms with E-state index in [-0.39, 0.29) is 10.5 Å². The zero-order valence-electron chi connectivity index (χ0n) is 6.52. The number of carbonyl (C=O) groups is 1. The van der Waals surface area contributed by atoms with Crippen molar-refractivity contribution in [3.63, 3.8) is 0 Å². The maximum atomic E-state index is 11.0. The van der Waals surface area contributed by atoms with Crippen LogP contribution in [-0.2, 0) is 4.79 Å². The van der Waals surface area contributed by atoms with Gasteiger partial charge in [-0.05, 0) is 12.7 Å². The second-order valence-corrected chi connectivity index (χ2v) is 3.51. The molecule has 0 bridgehead atoms. The summed E-state index contributed by atoms with van der Waals surface area (Å²) in [5.41, 5.74) is -0.126. The molecule has 0 aromatic rings. The standard InChI is InChI=1S/C7H14OS/c1-5-7(2,3)6(8)9-4/h5H2,1-4H3. The first kappa shape index (κ1) is 9.02. The lowest BCUT2D eigenvalue weighted by Crippen LogP contribution is -2.19. The highest BCUT2D eigenvalue weighted by Gasteiger charge is 2.23. The third kappa shape index (κ3) is 2.39. The van der Waals surface area contributed by atoms with Crippen LogP contribution >= 0.6 is 11.8 Å². The van der Waals surface area contributed by atoms with Crippen molar-refractivity contribution >= 4 is 16.9 Å². The summed E-state index contributed by atoms with van der Waals surface area (Å²) in [6, 6.07) is 0. The highest BCUT2D eigenvalue weighted by molar-refractivity contribution is 8.13. The van der Waals surface area contributed by atoms with E-state index in [9.17, 15) is 4.79 Å². The van der Waals surface area contributed by atoms with Gasteiger partial charge in [-0.15, -0.1) is 0 Å². The highest BCUT2D eigenvalue weighted by Crippen LogP contribution is 2.25. The van der Waals surface area contributed by atoms with Gasteiger partial charge in [-0.2, -0.15) is 0 Å². The topological polar surface area (TPSA) is 17.1 Å². The minimum atomic E-state index is -0.126. The van der Waals surface area contributed by atoms with Gasteiger partial charge in [0.2, 0.25) is 0 Å². The van der Waals surface area contributed by atoms with Crippen LogP contribution in [-0.4, -0.2) is 11.4 Å². The lowest BCUT2D eigenvalue weighted by molar-refractivity contribution is -0.118. The summed E-state index contributed by atoms with van der Waals surface area (Å²) in [5.74, 6) is 0. The fourth-order valence-electron chi connectivity index (χ4n) is 0.421. The maximum Gasteiger partial charge on any atom is 0.194 e. The molecule has 0 rings (SSSR count). The highest BCUT2D eigenvalue weighted by atomic mass is 32.2. The predicted octanol–water partition coefficient (Wildman–Crippen LogP) is 2.31. The summed E-state index contributed by atoms with van der Waals surface area (Å²) < 4.78 is 0. The van der Waals surface area contributed by atoms with Gasteiger partial charge >= 0.3 is 0 Å². The second kappa shape index (κ2) is 3.25. The number of carbonyl (C=O) groups excluding carboxylic acids is 1. The molecule has 2 heteroatoms. The van der Waals surface area contributed by atoms with Gasteiger partial charge in [-0.25, -0.2) is 0 Å². The Morgan fingerprint density at radius 3 is 2.11 bits per heavy atom. The fourth-order valence-corrected chi connectivity index (χ4v) is 1.12. The van der Waals surface area contributed by atoms with Crippen LogP contribution in [0.3, 0.4) is 0 Å². The van der Waals surface area contributed by atoms with E-state index in [1.165, 1.54) is 11.8 Å². The molecule has 0 unspecified atom stereocenters. The molecule has 0 fully saturated rings. The van der Waals surface area contributed by atoms with Gasteiger partial charge in [0, 0.05) is 5.41 Å². The molecule has 0 saturated heterocycles. The number of hydrogen-bond acceptors (Lipinski definition) is 2. The van der Waals surface area contributed by atoms with Crippen molar-refractivity contribution in [3.8, 4) is 0 Å². The third-order valence-electron chi connectivity index (χ3n) is 1.62. The fraction of sp³-hybridized carbons (Fsp3) is 0.857. The predicted molar refractivity (Wildman–Crippen MR) is 42.6 cm³/mol. The van der Waals surface area contributed by atoms with Crippen molar-refractivity contribution in [2.75, 3.05) is 6.26 Å². The minimum Gasteiger partial charge on any atom is -0.287 e. The lowest BCUT2D eigenvalue weighted by atomic mass is 9.92. The molecule has 0 spiro atoms. The Hall–Kier alpha value is 0.0200. The molecule has 0 radical (unpaired) electrons. The van der Waals surface area contributed by atoms with E-state index in [4.69, 9.17) is 0 Å².